The van der Waals surface area contributed by atoms with Gasteiger partial charge in [-0.1, -0.05) is 43.6 Å². The zero-order chi connectivity index (χ0) is 32.6. The number of halogens is 2. The molecule has 6 rings (SSSR count). The van der Waals surface area contributed by atoms with Crippen LogP contribution in [0, 0.1) is 11.7 Å². The van der Waals surface area contributed by atoms with Crippen molar-refractivity contribution in [3.8, 4) is 11.5 Å². The first-order valence-corrected chi connectivity index (χ1v) is 15.6. The van der Waals surface area contributed by atoms with Gasteiger partial charge in [0.25, 0.3) is 0 Å². The Morgan fingerprint density at radius 3 is 2.39 bits per heavy atom. The van der Waals surface area contributed by atoms with Gasteiger partial charge in [-0.15, -0.1) is 0 Å². The van der Waals surface area contributed by atoms with E-state index in [2.05, 4.69) is 20.3 Å². The SMILES string of the molecule is CC.COC(OC)C1CCN(c2ccc(Nc3ncnc4[nH]cc(C(=O)c5ccc(Oc6ccccc6)cc5Cl)c34)cc2F)CC1. The van der Waals surface area contributed by atoms with Crippen molar-refractivity contribution in [1.82, 2.24) is 15.0 Å². The van der Waals surface area contributed by atoms with E-state index in [0.717, 1.165) is 12.8 Å². The van der Waals surface area contributed by atoms with Gasteiger partial charge in [0.1, 0.15) is 35.1 Å². The standard InChI is InChI=1S/C33H31ClFN5O4.C2H6/c1-42-33(43-2)20-12-14-40(15-13-20)28-11-8-21(16-27(28)35)39-32-29-25(18-36-31(29)37-19-38-32)30(41)24-10-9-23(17-26(24)34)44-22-6-4-3-5-7-22;1-2/h3-11,16-20,33H,12-15H2,1-2H3,(H2,36,37,38,39);1-2H3. The maximum atomic E-state index is 15.4. The molecule has 3 heterocycles. The molecule has 9 nitrogen and oxygen atoms in total. The van der Waals surface area contributed by atoms with Gasteiger partial charge in [-0.25, -0.2) is 14.4 Å². The number of rotatable bonds is 10. The summed E-state index contributed by atoms with van der Waals surface area (Å²) in [6.45, 7) is 5.39. The van der Waals surface area contributed by atoms with Gasteiger partial charge in [0.05, 0.1) is 21.7 Å². The van der Waals surface area contributed by atoms with E-state index < -0.39 is 0 Å². The molecule has 1 aliphatic heterocycles. The van der Waals surface area contributed by atoms with Crippen LogP contribution in [0.5, 0.6) is 11.5 Å². The van der Waals surface area contributed by atoms with E-state index in [1.165, 1.54) is 12.4 Å². The van der Waals surface area contributed by atoms with Crippen LogP contribution in [0.1, 0.15) is 42.6 Å². The molecular weight excluding hydrogens is 609 g/mol. The van der Waals surface area contributed by atoms with Crippen LogP contribution in [0.15, 0.2) is 79.3 Å². The van der Waals surface area contributed by atoms with E-state index in [0.29, 0.717) is 63.9 Å². The number of H-pyrrole nitrogens is 1. The number of carbonyl (C=O) groups excluding carboxylic acids is 1. The Hall–Kier alpha value is -4.51. The van der Waals surface area contributed by atoms with E-state index in [-0.39, 0.29) is 28.8 Å². The van der Waals surface area contributed by atoms with Crippen molar-refractivity contribution in [2.24, 2.45) is 5.92 Å². The third-order valence-corrected chi connectivity index (χ3v) is 8.13. The first-order chi connectivity index (χ1) is 22.4. The Kier molecular flexibility index (Phi) is 10.8. The van der Waals surface area contributed by atoms with Crippen molar-refractivity contribution >= 4 is 45.6 Å². The van der Waals surface area contributed by atoms with Gasteiger partial charge in [0.15, 0.2) is 12.1 Å². The van der Waals surface area contributed by atoms with Crippen molar-refractivity contribution in [3.05, 3.63) is 101 Å². The molecule has 0 aliphatic carbocycles. The summed E-state index contributed by atoms with van der Waals surface area (Å²) >= 11 is 6.55. The molecule has 0 atom stereocenters. The molecule has 0 spiro atoms. The lowest BCUT2D eigenvalue weighted by Crippen LogP contribution is -2.39. The van der Waals surface area contributed by atoms with Gasteiger partial charge in [0, 0.05) is 56.7 Å². The highest BCUT2D eigenvalue weighted by atomic mass is 35.5. The van der Waals surface area contributed by atoms with Crippen molar-refractivity contribution in [1.29, 1.82) is 0 Å². The predicted molar refractivity (Wildman–Crippen MR) is 179 cm³/mol. The molecule has 2 aromatic heterocycles. The Morgan fingerprint density at radius 2 is 1.72 bits per heavy atom. The number of nitrogens with one attached hydrogen (secondary N) is 2. The monoisotopic (exact) mass is 645 g/mol. The zero-order valence-corrected chi connectivity index (χ0v) is 27.0. The average Bonchev–Trinajstić information content (AvgIpc) is 3.52. The number of benzene rings is 3. The lowest BCUT2D eigenvalue weighted by atomic mass is 9.95. The number of anilines is 3. The van der Waals surface area contributed by atoms with Crippen molar-refractivity contribution in [3.63, 3.8) is 0 Å². The number of fused-ring (bicyclic) bond motifs is 1. The number of piperidine rings is 1. The normalized spacial score (nSPS) is 13.4. The molecule has 0 unspecified atom stereocenters. The molecule has 46 heavy (non-hydrogen) atoms. The summed E-state index contributed by atoms with van der Waals surface area (Å²) in [6.07, 6.45) is 4.36. The van der Waals surface area contributed by atoms with Crippen LogP contribution in [0.25, 0.3) is 11.0 Å². The number of ketones is 1. The summed E-state index contributed by atoms with van der Waals surface area (Å²) < 4.78 is 32.0. The Bertz CT molecular complexity index is 1770. The van der Waals surface area contributed by atoms with Gasteiger partial charge in [0.2, 0.25) is 0 Å². The van der Waals surface area contributed by atoms with E-state index >= 15 is 4.39 Å². The van der Waals surface area contributed by atoms with Crippen molar-refractivity contribution in [2.45, 2.75) is 33.0 Å². The van der Waals surface area contributed by atoms with Crippen LogP contribution in [0.4, 0.5) is 21.6 Å². The van der Waals surface area contributed by atoms with Gasteiger partial charge in [-0.05, 0) is 55.3 Å². The molecule has 1 saturated heterocycles. The number of ether oxygens (including phenoxy) is 3. The third-order valence-electron chi connectivity index (χ3n) is 7.82. The Labute approximate surface area is 272 Å². The lowest BCUT2D eigenvalue weighted by Gasteiger charge is -2.36. The second-order valence-corrected chi connectivity index (χ2v) is 10.9. The van der Waals surface area contributed by atoms with Gasteiger partial charge < -0.3 is 29.4 Å². The Morgan fingerprint density at radius 1 is 0.978 bits per heavy atom. The number of aromatic nitrogens is 3. The molecule has 3 aromatic carbocycles. The number of aromatic amines is 1. The van der Waals surface area contributed by atoms with Gasteiger partial charge in [-0.3, -0.25) is 4.79 Å². The van der Waals surface area contributed by atoms with Crippen LogP contribution >= 0.6 is 11.6 Å². The fourth-order valence-electron chi connectivity index (χ4n) is 5.62. The topological polar surface area (TPSA) is 102 Å². The molecule has 11 heteroatoms. The molecule has 2 N–H and O–H groups in total. The number of methoxy groups -OCH3 is 2. The fourth-order valence-corrected chi connectivity index (χ4v) is 5.88. The van der Waals surface area contributed by atoms with Gasteiger partial charge in [-0.2, -0.15) is 0 Å². The number of carbonyl (C=O) groups is 1. The minimum absolute atomic E-state index is 0.241. The highest BCUT2D eigenvalue weighted by Gasteiger charge is 2.28. The first-order valence-electron chi connectivity index (χ1n) is 15.2. The summed E-state index contributed by atoms with van der Waals surface area (Å²) in [7, 11) is 3.28. The lowest BCUT2D eigenvalue weighted by molar-refractivity contribution is -0.141. The summed E-state index contributed by atoms with van der Waals surface area (Å²) in [4.78, 5) is 27.4. The summed E-state index contributed by atoms with van der Waals surface area (Å²) in [5, 5.41) is 3.88. The molecule has 1 aliphatic rings. The zero-order valence-electron chi connectivity index (χ0n) is 26.2. The van der Waals surface area contributed by atoms with E-state index in [4.69, 9.17) is 25.8 Å². The smallest absolute Gasteiger partial charge is 0.196 e. The van der Waals surface area contributed by atoms with E-state index in [1.807, 2.05) is 49.1 Å². The Balaban J connectivity index is 0.00000204. The minimum Gasteiger partial charge on any atom is -0.457 e. The van der Waals surface area contributed by atoms with Crippen LogP contribution in [0.3, 0.4) is 0 Å². The van der Waals surface area contributed by atoms with Crippen LogP contribution in [-0.2, 0) is 9.47 Å². The quantitative estimate of drug-likeness (QED) is 0.115. The highest BCUT2D eigenvalue weighted by Crippen LogP contribution is 2.34. The summed E-state index contributed by atoms with van der Waals surface area (Å²) in [6, 6.07) is 19.2. The van der Waals surface area contributed by atoms with E-state index in [9.17, 15) is 4.79 Å². The molecule has 0 radical (unpaired) electrons. The number of nitrogens with zero attached hydrogens (tertiary/aromatic N) is 3. The van der Waals surface area contributed by atoms with E-state index in [1.54, 1.807) is 50.7 Å². The first kappa shape index (κ1) is 32.9. The fraction of sp³-hybridized carbons (Fsp3) is 0.286. The molecule has 5 aromatic rings. The van der Waals surface area contributed by atoms with Crippen molar-refractivity contribution < 1.29 is 23.4 Å². The summed E-state index contributed by atoms with van der Waals surface area (Å²) in [5.41, 5.74) is 2.09. The molecular formula is C35H37ClFN5O4. The molecule has 0 saturated carbocycles. The minimum atomic E-state index is -0.358. The number of para-hydroxylation sites is 1. The second-order valence-electron chi connectivity index (χ2n) is 10.5. The maximum Gasteiger partial charge on any atom is 0.196 e. The van der Waals surface area contributed by atoms with Crippen molar-refractivity contribution in [2.75, 3.05) is 37.5 Å². The maximum absolute atomic E-state index is 15.4. The third kappa shape index (κ3) is 7.14. The number of hydrogen-bond donors (Lipinski definition) is 2. The van der Waals surface area contributed by atoms with Gasteiger partial charge >= 0.3 is 0 Å². The molecule has 0 amide bonds. The van der Waals surface area contributed by atoms with Crippen LogP contribution in [-0.4, -0.2) is 54.3 Å². The van der Waals surface area contributed by atoms with Crippen LogP contribution in [0.2, 0.25) is 5.02 Å². The predicted octanol–water partition coefficient (Wildman–Crippen LogP) is 8.38. The largest absolute Gasteiger partial charge is 0.457 e. The molecule has 1 fully saturated rings. The molecule has 240 valence electrons. The molecule has 0 bridgehead atoms. The van der Waals surface area contributed by atoms with Crippen LogP contribution < -0.4 is 15.0 Å². The highest BCUT2D eigenvalue weighted by molar-refractivity contribution is 6.35. The summed E-state index contributed by atoms with van der Waals surface area (Å²) in [5.74, 6) is 1.11. The number of hydrogen-bond acceptors (Lipinski definition) is 8. The second kappa shape index (κ2) is 15.2. The average molecular weight is 646 g/mol.